The summed E-state index contributed by atoms with van der Waals surface area (Å²) in [5.41, 5.74) is 2.35. The van der Waals surface area contributed by atoms with Crippen molar-refractivity contribution in [3.63, 3.8) is 0 Å². The molecule has 4 heteroatoms. The smallest absolute Gasteiger partial charge is 0.323 e. The summed E-state index contributed by atoms with van der Waals surface area (Å²) in [5, 5.41) is 8.77. The van der Waals surface area contributed by atoms with Gasteiger partial charge in [-0.05, 0) is 24.0 Å². The predicted molar refractivity (Wildman–Crippen MR) is 78.6 cm³/mol. The molecule has 0 saturated heterocycles. The van der Waals surface area contributed by atoms with Crippen molar-refractivity contribution < 1.29 is 14.7 Å². The van der Waals surface area contributed by atoms with Gasteiger partial charge in [-0.3, -0.25) is 9.59 Å². The van der Waals surface area contributed by atoms with Crippen LogP contribution in [0.15, 0.2) is 36.9 Å². The Bertz CT molecular complexity index is 465. The molecule has 108 valence electrons. The number of aliphatic carboxylic acids is 1. The largest absolute Gasteiger partial charge is 0.480 e. The number of nitrogens with zero attached hydrogens (tertiary/aromatic N) is 1. The average Bonchev–Trinajstić information content (AvgIpc) is 2.44. The third-order valence-electron chi connectivity index (χ3n) is 3.09. The molecular formula is C16H21NO3. The van der Waals surface area contributed by atoms with E-state index in [2.05, 4.69) is 25.6 Å². The van der Waals surface area contributed by atoms with Crippen LogP contribution < -0.4 is 0 Å². The molecule has 0 atom stereocenters. The lowest BCUT2D eigenvalue weighted by molar-refractivity contribution is -0.144. The molecular weight excluding hydrogens is 254 g/mol. The number of rotatable bonds is 8. The van der Waals surface area contributed by atoms with Crippen LogP contribution in [0.4, 0.5) is 0 Å². The fraction of sp³-hybridized carbons (Fsp3) is 0.375. The van der Waals surface area contributed by atoms with E-state index in [4.69, 9.17) is 5.11 Å². The summed E-state index contributed by atoms with van der Waals surface area (Å²) >= 11 is 0. The number of aryl methyl sites for hydroxylation is 2. The Balaban J connectivity index is 2.54. The fourth-order valence-electron chi connectivity index (χ4n) is 1.92. The molecule has 0 aliphatic rings. The Hall–Kier alpha value is -2.10. The molecule has 0 aliphatic carbocycles. The van der Waals surface area contributed by atoms with Crippen LogP contribution in [0.2, 0.25) is 0 Å². The van der Waals surface area contributed by atoms with E-state index in [0.29, 0.717) is 12.8 Å². The highest BCUT2D eigenvalue weighted by Crippen LogP contribution is 2.08. The Morgan fingerprint density at radius 3 is 2.35 bits per heavy atom. The van der Waals surface area contributed by atoms with Gasteiger partial charge in [0.1, 0.15) is 6.54 Å². The van der Waals surface area contributed by atoms with Crippen LogP contribution in [-0.2, 0) is 22.4 Å². The molecule has 0 unspecified atom stereocenters. The third-order valence-corrected chi connectivity index (χ3v) is 3.09. The van der Waals surface area contributed by atoms with Gasteiger partial charge < -0.3 is 10.0 Å². The number of hydrogen-bond donors (Lipinski definition) is 1. The number of carboxylic acid groups (broad SMARTS) is 1. The lowest BCUT2D eigenvalue weighted by Crippen LogP contribution is -2.35. The molecule has 1 N–H and O–H groups in total. The van der Waals surface area contributed by atoms with Gasteiger partial charge in [0.25, 0.3) is 0 Å². The highest BCUT2D eigenvalue weighted by Gasteiger charge is 2.15. The van der Waals surface area contributed by atoms with Crippen molar-refractivity contribution in [1.29, 1.82) is 0 Å². The first-order valence-corrected chi connectivity index (χ1v) is 6.75. The van der Waals surface area contributed by atoms with Gasteiger partial charge in [0.05, 0.1) is 0 Å². The summed E-state index contributed by atoms with van der Waals surface area (Å²) in [7, 11) is 0. The van der Waals surface area contributed by atoms with Crippen molar-refractivity contribution in [3.8, 4) is 0 Å². The van der Waals surface area contributed by atoms with E-state index < -0.39 is 5.97 Å². The van der Waals surface area contributed by atoms with Crippen LogP contribution in [0.1, 0.15) is 24.5 Å². The third kappa shape index (κ3) is 5.26. The molecule has 0 saturated carbocycles. The van der Waals surface area contributed by atoms with Crippen molar-refractivity contribution in [2.75, 3.05) is 13.1 Å². The second-order valence-electron chi connectivity index (χ2n) is 4.63. The van der Waals surface area contributed by atoms with E-state index in [-0.39, 0.29) is 19.0 Å². The Morgan fingerprint density at radius 1 is 1.25 bits per heavy atom. The predicted octanol–water partition coefficient (Wildman–Crippen LogP) is 2.28. The van der Waals surface area contributed by atoms with E-state index >= 15 is 0 Å². The second kappa shape index (κ2) is 8.15. The van der Waals surface area contributed by atoms with Crippen LogP contribution in [0, 0.1) is 0 Å². The highest BCUT2D eigenvalue weighted by molar-refractivity contribution is 5.81. The minimum atomic E-state index is -1.01. The zero-order valence-corrected chi connectivity index (χ0v) is 11.8. The Labute approximate surface area is 119 Å². The molecule has 0 spiro atoms. The van der Waals surface area contributed by atoms with Gasteiger partial charge in [-0.25, -0.2) is 0 Å². The lowest BCUT2D eigenvalue weighted by Gasteiger charge is -2.18. The number of hydrogen-bond acceptors (Lipinski definition) is 2. The van der Waals surface area contributed by atoms with Gasteiger partial charge in [0.2, 0.25) is 5.91 Å². The Morgan fingerprint density at radius 2 is 1.85 bits per heavy atom. The minimum Gasteiger partial charge on any atom is -0.480 e. The van der Waals surface area contributed by atoms with Crippen molar-refractivity contribution in [3.05, 3.63) is 48.0 Å². The maximum atomic E-state index is 12.0. The topological polar surface area (TPSA) is 57.6 Å². The molecule has 20 heavy (non-hydrogen) atoms. The van der Waals surface area contributed by atoms with Crippen LogP contribution >= 0.6 is 0 Å². The lowest BCUT2D eigenvalue weighted by atomic mass is 10.1. The molecule has 0 aromatic heterocycles. The first kappa shape index (κ1) is 16.0. The summed E-state index contributed by atoms with van der Waals surface area (Å²) in [5.74, 6) is -1.17. The molecule has 1 rings (SSSR count). The summed E-state index contributed by atoms with van der Waals surface area (Å²) in [4.78, 5) is 24.0. The standard InChI is InChI=1S/C16H21NO3/c1-3-11-17(12-16(19)20)15(18)10-9-14-7-5-13(4-2)6-8-14/h3,5-8H,1,4,9-12H2,2H3,(H,19,20). The van der Waals surface area contributed by atoms with Crippen LogP contribution in [0.3, 0.4) is 0 Å². The number of carboxylic acids is 1. The Kier molecular flexibility index (Phi) is 6.50. The summed E-state index contributed by atoms with van der Waals surface area (Å²) < 4.78 is 0. The molecule has 0 bridgehead atoms. The molecule has 1 aromatic rings. The van der Waals surface area contributed by atoms with E-state index in [1.807, 2.05) is 12.1 Å². The minimum absolute atomic E-state index is 0.160. The molecule has 0 aliphatic heterocycles. The molecule has 1 amide bonds. The fourth-order valence-corrected chi connectivity index (χ4v) is 1.92. The second-order valence-corrected chi connectivity index (χ2v) is 4.63. The highest BCUT2D eigenvalue weighted by atomic mass is 16.4. The molecule has 0 fully saturated rings. The maximum Gasteiger partial charge on any atom is 0.323 e. The van der Waals surface area contributed by atoms with E-state index in [0.717, 1.165) is 12.0 Å². The van der Waals surface area contributed by atoms with Gasteiger partial charge in [-0.1, -0.05) is 37.3 Å². The van der Waals surface area contributed by atoms with Gasteiger partial charge in [-0.15, -0.1) is 6.58 Å². The van der Waals surface area contributed by atoms with Crippen molar-refractivity contribution in [2.45, 2.75) is 26.2 Å². The van der Waals surface area contributed by atoms with Crippen LogP contribution in [0.5, 0.6) is 0 Å². The van der Waals surface area contributed by atoms with Gasteiger partial charge >= 0.3 is 5.97 Å². The summed E-state index contributed by atoms with van der Waals surface area (Å²) in [6.45, 7) is 5.62. The molecule has 1 aromatic carbocycles. The van der Waals surface area contributed by atoms with Gasteiger partial charge in [0.15, 0.2) is 0 Å². The number of carbonyl (C=O) groups excluding carboxylic acids is 1. The molecule has 4 nitrogen and oxygen atoms in total. The maximum absolute atomic E-state index is 12.0. The zero-order valence-electron chi connectivity index (χ0n) is 11.8. The first-order valence-electron chi connectivity index (χ1n) is 6.75. The van der Waals surface area contributed by atoms with Crippen molar-refractivity contribution in [1.82, 2.24) is 4.90 Å². The molecule has 0 radical (unpaired) electrons. The zero-order chi connectivity index (χ0) is 15.0. The number of benzene rings is 1. The van der Waals surface area contributed by atoms with Crippen molar-refractivity contribution in [2.24, 2.45) is 0 Å². The first-order chi connectivity index (χ1) is 9.56. The molecule has 0 heterocycles. The summed E-state index contributed by atoms with van der Waals surface area (Å²) in [6.07, 6.45) is 3.46. The van der Waals surface area contributed by atoms with E-state index in [1.54, 1.807) is 0 Å². The number of carbonyl (C=O) groups is 2. The van der Waals surface area contributed by atoms with E-state index in [9.17, 15) is 9.59 Å². The van der Waals surface area contributed by atoms with Crippen LogP contribution in [-0.4, -0.2) is 35.0 Å². The monoisotopic (exact) mass is 275 g/mol. The van der Waals surface area contributed by atoms with E-state index in [1.165, 1.54) is 16.5 Å². The van der Waals surface area contributed by atoms with Gasteiger partial charge in [0, 0.05) is 13.0 Å². The van der Waals surface area contributed by atoms with Crippen molar-refractivity contribution >= 4 is 11.9 Å². The van der Waals surface area contributed by atoms with Gasteiger partial charge in [-0.2, -0.15) is 0 Å². The number of amides is 1. The van der Waals surface area contributed by atoms with Crippen LogP contribution in [0.25, 0.3) is 0 Å². The summed E-state index contributed by atoms with van der Waals surface area (Å²) in [6, 6.07) is 8.14. The SMILES string of the molecule is C=CCN(CC(=O)O)C(=O)CCc1ccc(CC)cc1. The quantitative estimate of drug-likeness (QED) is 0.740. The average molecular weight is 275 g/mol. The normalized spacial score (nSPS) is 10.1.